The quantitative estimate of drug-likeness (QED) is 0.712. The minimum absolute atomic E-state index is 0. The Morgan fingerprint density at radius 2 is 2.10 bits per heavy atom. The summed E-state index contributed by atoms with van der Waals surface area (Å²) in [5.41, 5.74) is 0.531. The summed E-state index contributed by atoms with van der Waals surface area (Å²) in [6.45, 7) is 4.77. The van der Waals surface area contributed by atoms with Crippen molar-refractivity contribution in [3.63, 3.8) is 0 Å². The Morgan fingerprint density at radius 3 is 2.65 bits per heavy atom. The number of thiophene rings is 1. The van der Waals surface area contributed by atoms with Gasteiger partial charge in [0.25, 0.3) is 0 Å². The Hall–Kier alpha value is -0.183. The van der Waals surface area contributed by atoms with Gasteiger partial charge in [-0.25, -0.2) is 0 Å². The summed E-state index contributed by atoms with van der Waals surface area (Å²) >= 11 is 7.32. The number of carboxylic acids is 1. The fourth-order valence-electron chi connectivity index (χ4n) is 2.34. The second-order valence-electron chi connectivity index (χ2n) is 5.09. The maximum Gasteiger partial charge on any atom is 1.00 e. The van der Waals surface area contributed by atoms with Crippen molar-refractivity contribution in [1.82, 2.24) is 4.90 Å². The summed E-state index contributed by atoms with van der Waals surface area (Å²) in [5.74, 6) is -0.590. The molecular formula is C13H18ClLiN2O2S. The zero-order valence-electron chi connectivity index (χ0n) is 12.2. The van der Waals surface area contributed by atoms with Gasteiger partial charge in [0.2, 0.25) is 0 Å². The van der Waals surface area contributed by atoms with Crippen LogP contribution >= 0.6 is 22.9 Å². The van der Waals surface area contributed by atoms with E-state index in [9.17, 15) is 9.90 Å². The number of hydrogen-bond acceptors (Lipinski definition) is 5. The van der Waals surface area contributed by atoms with Crippen molar-refractivity contribution in [1.29, 1.82) is 0 Å². The van der Waals surface area contributed by atoms with E-state index in [0.29, 0.717) is 16.6 Å². The van der Waals surface area contributed by atoms with Gasteiger partial charge >= 0.3 is 18.9 Å². The molecule has 0 amide bonds. The first kappa shape index (κ1) is 17.9. The summed E-state index contributed by atoms with van der Waals surface area (Å²) < 4.78 is 0. The molecule has 0 aromatic carbocycles. The number of likely N-dealkylation sites (tertiary alicyclic amines) is 1. The maximum atomic E-state index is 11.1. The number of halogens is 1. The first-order valence-corrected chi connectivity index (χ1v) is 7.61. The van der Waals surface area contributed by atoms with Crippen LogP contribution in [-0.2, 0) is 0 Å². The average Bonchev–Trinajstić information content (AvgIpc) is 2.66. The molecule has 4 nitrogen and oxygen atoms in total. The largest absolute Gasteiger partial charge is 1.00 e. The van der Waals surface area contributed by atoms with Crippen LogP contribution in [0.4, 0.5) is 5.69 Å². The molecule has 20 heavy (non-hydrogen) atoms. The molecule has 1 N–H and O–H groups in total. The van der Waals surface area contributed by atoms with Crippen molar-refractivity contribution in [3.05, 3.63) is 14.8 Å². The van der Waals surface area contributed by atoms with Crippen molar-refractivity contribution >= 4 is 34.6 Å². The van der Waals surface area contributed by atoms with Crippen LogP contribution in [0.25, 0.3) is 0 Å². The zero-order chi connectivity index (χ0) is 14.0. The number of aryl methyl sites for hydroxylation is 1. The Bertz CT molecular complexity index is 473. The summed E-state index contributed by atoms with van der Waals surface area (Å²) in [5, 5.41) is 14.8. The van der Waals surface area contributed by atoms with E-state index in [4.69, 9.17) is 11.6 Å². The number of anilines is 1. The van der Waals surface area contributed by atoms with Gasteiger partial charge in [-0.1, -0.05) is 11.6 Å². The van der Waals surface area contributed by atoms with Crippen molar-refractivity contribution < 1.29 is 28.8 Å². The second kappa shape index (κ2) is 7.72. The molecule has 0 unspecified atom stereocenters. The number of carbonyl (C=O) groups is 1. The summed E-state index contributed by atoms with van der Waals surface area (Å²) in [6, 6.07) is 0. The Labute approximate surface area is 140 Å². The number of carbonyl (C=O) groups excluding carboxylic acids is 1. The molecule has 2 heterocycles. The van der Waals surface area contributed by atoms with Crippen molar-refractivity contribution in [2.75, 3.05) is 32.0 Å². The molecule has 0 radical (unpaired) electrons. The summed E-state index contributed by atoms with van der Waals surface area (Å²) in [7, 11) is 2.12. The van der Waals surface area contributed by atoms with Gasteiger partial charge in [-0.05, 0) is 45.8 Å². The van der Waals surface area contributed by atoms with Crippen molar-refractivity contribution in [3.8, 4) is 0 Å². The molecule has 1 aromatic heterocycles. The SMILES string of the molecule is Cc1sc(C(=O)[O-])c(NCC2CCN(C)CC2)c1Cl.[Li+]. The maximum absolute atomic E-state index is 11.1. The molecule has 106 valence electrons. The van der Waals surface area contributed by atoms with Crippen LogP contribution in [-0.4, -0.2) is 37.6 Å². The first-order valence-electron chi connectivity index (χ1n) is 6.41. The van der Waals surface area contributed by atoms with Crippen LogP contribution in [0.1, 0.15) is 27.4 Å². The van der Waals surface area contributed by atoms with E-state index in [1.54, 1.807) is 0 Å². The topological polar surface area (TPSA) is 55.4 Å². The van der Waals surface area contributed by atoms with Gasteiger partial charge in [-0.3, -0.25) is 0 Å². The van der Waals surface area contributed by atoms with Crippen LogP contribution in [0.15, 0.2) is 0 Å². The molecule has 0 aliphatic carbocycles. The van der Waals surface area contributed by atoms with E-state index in [0.717, 1.165) is 37.4 Å². The van der Waals surface area contributed by atoms with Gasteiger partial charge in [0.15, 0.2) is 0 Å². The van der Waals surface area contributed by atoms with Crippen LogP contribution in [0.2, 0.25) is 5.02 Å². The first-order chi connectivity index (χ1) is 8.99. The fraction of sp³-hybridized carbons (Fsp3) is 0.615. The number of carboxylic acid groups (broad SMARTS) is 1. The van der Waals surface area contributed by atoms with Gasteiger partial charge in [0, 0.05) is 11.4 Å². The predicted octanol–water partition coefficient (Wildman–Crippen LogP) is -1.17. The smallest absolute Gasteiger partial charge is 0.544 e. The van der Waals surface area contributed by atoms with E-state index in [2.05, 4.69) is 17.3 Å². The van der Waals surface area contributed by atoms with Crippen LogP contribution in [0.3, 0.4) is 0 Å². The molecule has 7 heteroatoms. The third-order valence-electron chi connectivity index (χ3n) is 3.60. The molecule has 1 aromatic rings. The summed E-state index contributed by atoms with van der Waals surface area (Å²) in [4.78, 5) is 14.4. The van der Waals surface area contributed by atoms with Crippen LogP contribution in [0.5, 0.6) is 0 Å². The number of nitrogens with zero attached hydrogens (tertiary/aromatic N) is 1. The van der Waals surface area contributed by atoms with E-state index in [1.165, 1.54) is 11.3 Å². The minimum Gasteiger partial charge on any atom is -0.544 e. The number of nitrogens with one attached hydrogen (secondary N) is 1. The summed E-state index contributed by atoms with van der Waals surface area (Å²) in [6.07, 6.45) is 2.26. The Morgan fingerprint density at radius 1 is 1.50 bits per heavy atom. The van der Waals surface area contributed by atoms with Gasteiger partial charge in [-0.15, -0.1) is 11.3 Å². The van der Waals surface area contributed by atoms with E-state index >= 15 is 0 Å². The number of hydrogen-bond donors (Lipinski definition) is 1. The predicted molar refractivity (Wildman–Crippen MR) is 77.1 cm³/mol. The Balaban J connectivity index is 0.00000200. The second-order valence-corrected chi connectivity index (χ2v) is 6.69. The molecule has 0 saturated carbocycles. The zero-order valence-corrected chi connectivity index (χ0v) is 13.7. The van der Waals surface area contributed by atoms with Crippen molar-refractivity contribution in [2.45, 2.75) is 19.8 Å². The third kappa shape index (κ3) is 4.16. The number of aromatic carboxylic acids is 1. The van der Waals surface area contributed by atoms with Crippen molar-refractivity contribution in [2.24, 2.45) is 5.92 Å². The van der Waals surface area contributed by atoms with E-state index in [-0.39, 0.29) is 23.7 Å². The fourth-order valence-corrected chi connectivity index (χ4v) is 3.53. The third-order valence-corrected chi connectivity index (χ3v) is 5.27. The van der Waals surface area contributed by atoms with Gasteiger partial charge < -0.3 is 20.1 Å². The molecule has 2 rings (SSSR count). The van der Waals surface area contributed by atoms with Gasteiger partial charge in [0.05, 0.1) is 21.6 Å². The minimum atomic E-state index is -1.16. The monoisotopic (exact) mass is 308 g/mol. The molecule has 1 aliphatic heterocycles. The molecule has 1 saturated heterocycles. The molecule has 0 bridgehead atoms. The number of rotatable bonds is 4. The molecule has 1 fully saturated rings. The molecule has 1 aliphatic rings. The normalized spacial score (nSPS) is 16.8. The molecule has 0 atom stereocenters. The molecular weight excluding hydrogens is 291 g/mol. The van der Waals surface area contributed by atoms with Gasteiger partial charge in [-0.2, -0.15) is 0 Å². The van der Waals surface area contributed by atoms with E-state index in [1.807, 2.05) is 6.92 Å². The standard InChI is InChI=1S/C13H19ClN2O2S.Li/c1-8-10(14)11(12(19-8)13(17)18)15-7-9-3-5-16(2)6-4-9;/h9,15H,3-7H2,1-2H3,(H,17,18);/q;+1/p-1. The molecule has 0 spiro atoms. The Kier molecular flexibility index (Phi) is 6.90. The van der Waals surface area contributed by atoms with Gasteiger partial charge in [0.1, 0.15) is 0 Å². The average molecular weight is 309 g/mol. The van der Waals surface area contributed by atoms with Crippen LogP contribution in [0, 0.1) is 12.8 Å². The van der Waals surface area contributed by atoms with Crippen LogP contribution < -0.4 is 29.3 Å². The van der Waals surface area contributed by atoms with E-state index < -0.39 is 5.97 Å². The number of piperidine rings is 1.